The topological polar surface area (TPSA) is 67.2 Å². The van der Waals surface area contributed by atoms with E-state index in [-0.39, 0.29) is 6.04 Å². The summed E-state index contributed by atoms with van der Waals surface area (Å²) in [7, 11) is 3.23. The van der Waals surface area contributed by atoms with Crippen molar-refractivity contribution in [3.63, 3.8) is 0 Å². The van der Waals surface area contributed by atoms with Crippen LogP contribution in [0.15, 0.2) is 36.5 Å². The van der Waals surface area contributed by atoms with Crippen molar-refractivity contribution in [3.05, 3.63) is 47.8 Å². The third-order valence-corrected chi connectivity index (χ3v) is 3.17. The molecule has 21 heavy (non-hydrogen) atoms. The zero-order valence-corrected chi connectivity index (χ0v) is 12.3. The molecule has 0 spiro atoms. The van der Waals surface area contributed by atoms with Crippen molar-refractivity contribution in [1.29, 1.82) is 5.26 Å². The fourth-order valence-corrected chi connectivity index (χ4v) is 2.00. The van der Waals surface area contributed by atoms with Gasteiger partial charge in [-0.25, -0.2) is 4.98 Å². The maximum Gasteiger partial charge on any atom is 0.161 e. The monoisotopic (exact) mass is 283 g/mol. The second-order valence-corrected chi connectivity index (χ2v) is 4.52. The molecule has 0 aliphatic heterocycles. The fraction of sp³-hybridized carbons (Fsp3) is 0.250. The van der Waals surface area contributed by atoms with Crippen LogP contribution in [-0.2, 0) is 0 Å². The van der Waals surface area contributed by atoms with Crippen molar-refractivity contribution in [2.75, 3.05) is 19.5 Å². The van der Waals surface area contributed by atoms with Gasteiger partial charge in [0.1, 0.15) is 11.8 Å². The molecule has 0 aliphatic carbocycles. The molecule has 0 saturated carbocycles. The summed E-state index contributed by atoms with van der Waals surface area (Å²) in [6.07, 6.45) is 1.65. The number of methoxy groups -OCH3 is 2. The van der Waals surface area contributed by atoms with Gasteiger partial charge in [0.05, 0.1) is 26.1 Å². The number of nitrogens with zero attached hydrogens (tertiary/aromatic N) is 2. The van der Waals surface area contributed by atoms with Gasteiger partial charge in [0, 0.05) is 6.04 Å². The first kappa shape index (κ1) is 14.7. The maximum atomic E-state index is 8.74. The normalized spacial score (nSPS) is 11.3. The van der Waals surface area contributed by atoms with Gasteiger partial charge < -0.3 is 14.8 Å². The molecule has 0 bridgehead atoms. The SMILES string of the molecule is COc1ccc(C(C)Nc2ccc(C#N)nc2)cc1OC. The number of hydrogen-bond donors (Lipinski definition) is 1. The third kappa shape index (κ3) is 3.42. The van der Waals surface area contributed by atoms with E-state index in [1.54, 1.807) is 26.5 Å². The summed E-state index contributed by atoms with van der Waals surface area (Å²) in [5.74, 6) is 1.40. The van der Waals surface area contributed by atoms with E-state index in [0.29, 0.717) is 17.2 Å². The van der Waals surface area contributed by atoms with Gasteiger partial charge in [-0.15, -0.1) is 0 Å². The molecule has 1 heterocycles. The second-order valence-electron chi connectivity index (χ2n) is 4.52. The Morgan fingerprint density at radius 1 is 1.14 bits per heavy atom. The zero-order chi connectivity index (χ0) is 15.2. The molecule has 108 valence electrons. The molecule has 1 aromatic heterocycles. The predicted octanol–water partition coefficient (Wildman–Crippen LogP) is 3.14. The predicted molar refractivity (Wildman–Crippen MR) is 80.5 cm³/mol. The van der Waals surface area contributed by atoms with Crippen LogP contribution in [0.3, 0.4) is 0 Å². The van der Waals surface area contributed by atoms with Crippen LogP contribution in [0.1, 0.15) is 24.2 Å². The van der Waals surface area contributed by atoms with Crippen LogP contribution in [0, 0.1) is 11.3 Å². The molecule has 1 aromatic carbocycles. The van der Waals surface area contributed by atoms with Gasteiger partial charge in [-0.05, 0) is 36.8 Å². The number of benzene rings is 1. The maximum absolute atomic E-state index is 8.74. The van der Waals surface area contributed by atoms with Crippen LogP contribution in [0.2, 0.25) is 0 Å². The molecule has 5 heteroatoms. The van der Waals surface area contributed by atoms with E-state index >= 15 is 0 Å². The number of nitrogens with one attached hydrogen (secondary N) is 1. The Morgan fingerprint density at radius 2 is 1.90 bits per heavy atom. The Hall–Kier alpha value is -2.74. The number of ether oxygens (including phenoxy) is 2. The first-order valence-electron chi connectivity index (χ1n) is 6.52. The molecule has 5 nitrogen and oxygen atoms in total. The molecular formula is C16H17N3O2. The van der Waals surface area contributed by atoms with Gasteiger partial charge in [0.2, 0.25) is 0 Å². The Bertz CT molecular complexity index is 648. The molecular weight excluding hydrogens is 266 g/mol. The van der Waals surface area contributed by atoms with Crippen LogP contribution in [0.5, 0.6) is 11.5 Å². The molecule has 1 N–H and O–H groups in total. The van der Waals surface area contributed by atoms with Crippen LogP contribution >= 0.6 is 0 Å². The molecule has 2 aromatic rings. The summed E-state index contributed by atoms with van der Waals surface area (Å²) in [5, 5.41) is 12.1. The summed E-state index contributed by atoms with van der Waals surface area (Å²) < 4.78 is 10.5. The minimum absolute atomic E-state index is 0.0690. The summed E-state index contributed by atoms with van der Waals surface area (Å²) in [4.78, 5) is 4.04. The number of nitriles is 1. The molecule has 1 atom stereocenters. The van der Waals surface area contributed by atoms with E-state index in [1.807, 2.05) is 37.3 Å². The second kappa shape index (κ2) is 6.62. The molecule has 0 aliphatic rings. The van der Waals surface area contributed by atoms with E-state index in [4.69, 9.17) is 14.7 Å². The smallest absolute Gasteiger partial charge is 0.161 e. The highest BCUT2D eigenvalue weighted by atomic mass is 16.5. The summed E-state index contributed by atoms with van der Waals surface area (Å²) in [6.45, 7) is 2.04. The highest BCUT2D eigenvalue weighted by Gasteiger charge is 2.10. The van der Waals surface area contributed by atoms with Crippen LogP contribution in [0.25, 0.3) is 0 Å². The van der Waals surface area contributed by atoms with Crippen LogP contribution < -0.4 is 14.8 Å². The first-order chi connectivity index (χ1) is 10.2. The largest absolute Gasteiger partial charge is 0.493 e. The Kier molecular flexibility index (Phi) is 4.62. The van der Waals surface area contributed by atoms with Crippen molar-refractivity contribution in [2.24, 2.45) is 0 Å². The Labute approximate surface area is 124 Å². The number of aromatic nitrogens is 1. The third-order valence-electron chi connectivity index (χ3n) is 3.17. The standard InChI is InChI=1S/C16H17N3O2/c1-11(19-14-6-5-13(9-17)18-10-14)12-4-7-15(20-2)16(8-12)21-3/h4-8,10-11,19H,1-3H3. The molecule has 0 fully saturated rings. The molecule has 2 rings (SSSR count). The van der Waals surface area contributed by atoms with Crippen molar-refractivity contribution < 1.29 is 9.47 Å². The average molecular weight is 283 g/mol. The lowest BCUT2D eigenvalue weighted by atomic mass is 10.1. The van der Waals surface area contributed by atoms with Crippen molar-refractivity contribution in [2.45, 2.75) is 13.0 Å². The Morgan fingerprint density at radius 3 is 2.48 bits per heavy atom. The fourth-order valence-electron chi connectivity index (χ4n) is 2.00. The van der Waals surface area contributed by atoms with Crippen molar-refractivity contribution in [1.82, 2.24) is 4.98 Å². The lowest BCUT2D eigenvalue weighted by molar-refractivity contribution is 0.354. The number of pyridine rings is 1. The minimum atomic E-state index is 0.0690. The highest BCUT2D eigenvalue weighted by molar-refractivity contribution is 5.48. The summed E-state index contributed by atoms with van der Waals surface area (Å²) in [5.41, 5.74) is 2.33. The number of rotatable bonds is 5. The Balaban J connectivity index is 2.15. The van der Waals surface area contributed by atoms with E-state index in [2.05, 4.69) is 10.3 Å². The summed E-state index contributed by atoms with van der Waals surface area (Å²) >= 11 is 0. The van der Waals surface area contributed by atoms with E-state index < -0.39 is 0 Å². The van der Waals surface area contributed by atoms with Crippen molar-refractivity contribution >= 4 is 5.69 Å². The number of hydrogen-bond acceptors (Lipinski definition) is 5. The quantitative estimate of drug-likeness (QED) is 0.913. The van der Waals surface area contributed by atoms with Gasteiger partial charge in [-0.2, -0.15) is 5.26 Å². The first-order valence-corrected chi connectivity index (χ1v) is 6.52. The summed E-state index contributed by atoms with van der Waals surface area (Å²) in [6, 6.07) is 11.4. The van der Waals surface area contributed by atoms with Crippen LogP contribution in [-0.4, -0.2) is 19.2 Å². The van der Waals surface area contributed by atoms with Gasteiger partial charge in [0.25, 0.3) is 0 Å². The van der Waals surface area contributed by atoms with Gasteiger partial charge in [-0.3, -0.25) is 0 Å². The lowest BCUT2D eigenvalue weighted by Gasteiger charge is -2.17. The molecule has 1 unspecified atom stereocenters. The molecule has 0 saturated heterocycles. The minimum Gasteiger partial charge on any atom is -0.493 e. The molecule has 0 amide bonds. The van der Waals surface area contributed by atoms with Gasteiger partial charge >= 0.3 is 0 Å². The average Bonchev–Trinajstić information content (AvgIpc) is 2.54. The zero-order valence-electron chi connectivity index (χ0n) is 12.3. The van der Waals surface area contributed by atoms with Gasteiger partial charge in [-0.1, -0.05) is 6.07 Å². The van der Waals surface area contributed by atoms with Gasteiger partial charge in [0.15, 0.2) is 11.5 Å². The number of anilines is 1. The lowest BCUT2D eigenvalue weighted by Crippen LogP contribution is -2.07. The van der Waals surface area contributed by atoms with Crippen LogP contribution in [0.4, 0.5) is 5.69 Å². The van der Waals surface area contributed by atoms with E-state index in [1.165, 1.54) is 0 Å². The highest BCUT2D eigenvalue weighted by Crippen LogP contribution is 2.30. The van der Waals surface area contributed by atoms with Crippen molar-refractivity contribution in [3.8, 4) is 17.6 Å². The van der Waals surface area contributed by atoms with E-state index in [9.17, 15) is 0 Å². The molecule has 0 radical (unpaired) electrons. The van der Waals surface area contributed by atoms with E-state index in [0.717, 1.165) is 11.3 Å².